The fraction of sp³-hybridized carbons (Fsp3) is 0.176. The van der Waals surface area contributed by atoms with Crippen molar-refractivity contribution in [2.75, 3.05) is 6.61 Å². The number of thiazole rings is 1. The van der Waals surface area contributed by atoms with Crippen molar-refractivity contribution in [2.45, 2.75) is 6.92 Å². The average molecular weight is 381 g/mol. The van der Waals surface area contributed by atoms with Gasteiger partial charge in [-0.1, -0.05) is 46.7 Å². The maximum absolute atomic E-state index is 12.1. The molecule has 2 aromatic carbocycles. The first kappa shape index (κ1) is 17.0. The summed E-state index contributed by atoms with van der Waals surface area (Å²) in [5.41, 5.74) is 2.22. The minimum absolute atomic E-state index is 0.186. The number of rotatable bonds is 3. The SMILES string of the molecule is Cc1cccc2sc(=NC(=O)COc3ccc(Cl)cc3Cl)n(C)c12. The van der Waals surface area contributed by atoms with E-state index in [0.717, 1.165) is 15.8 Å². The molecule has 0 radical (unpaired) electrons. The van der Waals surface area contributed by atoms with Crippen LogP contribution in [0.2, 0.25) is 10.0 Å². The maximum atomic E-state index is 12.1. The zero-order chi connectivity index (χ0) is 17.3. The number of nitrogens with zero attached hydrogens (tertiary/aromatic N) is 2. The summed E-state index contributed by atoms with van der Waals surface area (Å²) in [6.07, 6.45) is 0. The van der Waals surface area contributed by atoms with Gasteiger partial charge in [-0.05, 0) is 36.8 Å². The van der Waals surface area contributed by atoms with Gasteiger partial charge in [0, 0.05) is 12.1 Å². The summed E-state index contributed by atoms with van der Waals surface area (Å²) in [6, 6.07) is 10.9. The number of amides is 1. The molecule has 0 bridgehead atoms. The lowest BCUT2D eigenvalue weighted by Gasteiger charge is -2.05. The quantitative estimate of drug-likeness (QED) is 0.677. The minimum atomic E-state index is -0.374. The molecule has 24 heavy (non-hydrogen) atoms. The summed E-state index contributed by atoms with van der Waals surface area (Å²) >= 11 is 13.3. The number of hydrogen-bond acceptors (Lipinski definition) is 3. The molecular formula is C17H14Cl2N2O2S. The van der Waals surface area contributed by atoms with Crippen LogP contribution in [0.4, 0.5) is 0 Å². The smallest absolute Gasteiger partial charge is 0.286 e. The third-order valence-corrected chi connectivity index (χ3v) is 5.12. The number of aryl methyl sites for hydroxylation is 2. The van der Waals surface area contributed by atoms with Gasteiger partial charge in [0.15, 0.2) is 11.4 Å². The fourth-order valence-electron chi connectivity index (χ4n) is 2.38. The molecule has 0 unspecified atom stereocenters. The van der Waals surface area contributed by atoms with Crippen molar-refractivity contribution in [1.29, 1.82) is 0 Å². The maximum Gasteiger partial charge on any atom is 0.286 e. The number of hydrogen-bond donors (Lipinski definition) is 0. The van der Waals surface area contributed by atoms with Crippen molar-refractivity contribution in [2.24, 2.45) is 12.0 Å². The van der Waals surface area contributed by atoms with Crippen molar-refractivity contribution < 1.29 is 9.53 Å². The summed E-state index contributed by atoms with van der Waals surface area (Å²) in [6.45, 7) is 1.85. The molecule has 7 heteroatoms. The summed E-state index contributed by atoms with van der Waals surface area (Å²) < 4.78 is 8.43. The van der Waals surface area contributed by atoms with E-state index in [4.69, 9.17) is 27.9 Å². The molecule has 1 heterocycles. The molecule has 0 saturated carbocycles. The number of halogens is 2. The first-order chi connectivity index (χ1) is 11.5. The van der Waals surface area contributed by atoms with E-state index in [1.807, 2.05) is 36.7 Å². The van der Waals surface area contributed by atoms with Crippen molar-refractivity contribution in [3.05, 3.63) is 56.8 Å². The first-order valence-corrected chi connectivity index (χ1v) is 8.73. The highest BCUT2D eigenvalue weighted by Crippen LogP contribution is 2.27. The van der Waals surface area contributed by atoms with Crippen LogP contribution in [0.3, 0.4) is 0 Å². The Kier molecular flexibility index (Phi) is 4.94. The lowest BCUT2D eigenvalue weighted by atomic mass is 10.2. The van der Waals surface area contributed by atoms with E-state index in [-0.39, 0.29) is 12.5 Å². The van der Waals surface area contributed by atoms with Crippen molar-refractivity contribution >= 4 is 50.7 Å². The second kappa shape index (κ2) is 6.97. The Hall–Kier alpha value is -1.82. The van der Waals surface area contributed by atoms with Crippen molar-refractivity contribution in [3.63, 3.8) is 0 Å². The predicted molar refractivity (Wildman–Crippen MR) is 98.1 cm³/mol. The molecule has 0 atom stereocenters. The predicted octanol–water partition coefficient (Wildman–Crippen LogP) is 4.36. The molecule has 0 aliphatic carbocycles. The summed E-state index contributed by atoms with van der Waals surface area (Å²) in [5, 5.41) is 0.870. The Balaban J connectivity index is 1.82. The van der Waals surface area contributed by atoms with Crippen LogP contribution in [-0.4, -0.2) is 17.1 Å². The van der Waals surface area contributed by atoms with Gasteiger partial charge in [0.25, 0.3) is 5.91 Å². The van der Waals surface area contributed by atoms with E-state index in [1.54, 1.807) is 18.2 Å². The third-order valence-electron chi connectivity index (χ3n) is 3.49. The molecule has 4 nitrogen and oxygen atoms in total. The van der Waals surface area contributed by atoms with Crippen LogP contribution in [0.5, 0.6) is 5.75 Å². The van der Waals surface area contributed by atoms with Crippen LogP contribution in [0.25, 0.3) is 10.2 Å². The first-order valence-electron chi connectivity index (χ1n) is 7.16. The summed E-state index contributed by atoms with van der Waals surface area (Å²) in [4.78, 5) is 16.9. The van der Waals surface area contributed by atoms with E-state index in [2.05, 4.69) is 4.99 Å². The molecule has 0 fully saturated rings. The van der Waals surface area contributed by atoms with Crippen LogP contribution in [0.15, 0.2) is 41.4 Å². The third kappa shape index (κ3) is 3.48. The summed E-state index contributed by atoms with van der Waals surface area (Å²) in [7, 11) is 1.90. The molecule has 0 saturated heterocycles. The van der Waals surface area contributed by atoms with Gasteiger partial charge in [-0.3, -0.25) is 4.79 Å². The molecule has 3 rings (SSSR count). The van der Waals surface area contributed by atoms with E-state index in [1.165, 1.54) is 11.3 Å². The number of para-hydroxylation sites is 1. The second-order valence-electron chi connectivity index (χ2n) is 5.23. The number of carbonyl (C=O) groups is 1. The van der Waals surface area contributed by atoms with Crippen LogP contribution >= 0.6 is 34.5 Å². The molecule has 3 aromatic rings. The van der Waals surface area contributed by atoms with Gasteiger partial charge in [-0.2, -0.15) is 4.99 Å². The normalized spacial score (nSPS) is 11.9. The molecule has 124 valence electrons. The number of aromatic nitrogens is 1. The topological polar surface area (TPSA) is 43.6 Å². The molecular weight excluding hydrogens is 367 g/mol. The summed E-state index contributed by atoms with van der Waals surface area (Å²) in [5.74, 6) is 0.0296. The van der Waals surface area contributed by atoms with Crippen LogP contribution in [0.1, 0.15) is 5.56 Å². The fourth-order valence-corrected chi connectivity index (χ4v) is 3.95. The van der Waals surface area contributed by atoms with Gasteiger partial charge in [0.1, 0.15) is 5.75 Å². The van der Waals surface area contributed by atoms with Crippen LogP contribution < -0.4 is 9.54 Å². The number of benzene rings is 2. The minimum Gasteiger partial charge on any atom is -0.482 e. The largest absolute Gasteiger partial charge is 0.482 e. The molecule has 0 N–H and O–H groups in total. The number of ether oxygens (including phenoxy) is 1. The lowest BCUT2D eigenvalue weighted by Crippen LogP contribution is -2.17. The van der Waals surface area contributed by atoms with Gasteiger partial charge in [-0.25, -0.2) is 0 Å². The van der Waals surface area contributed by atoms with E-state index >= 15 is 0 Å². The molecule has 0 spiro atoms. The highest BCUT2D eigenvalue weighted by atomic mass is 35.5. The lowest BCUT2D eigenvalue weighted by molar-refractivity contribution is -0.120. The molecule has 1 aromatic heterocycles. The van der Waals surface area contributed by atoms with Gasteiger partial charge >= 0.3 is 0 Å². The highest BCUT2D eigenvalue weighted by molar-refractivity contribution is 7.16. The Labute approximate surface area is 152 Å². The van der Waals surface area contributed by atoms with Gasteiger partial charge in [0.05, 0.1) is 15.2 Å². The van der Waals surface area contributed by atoms with Crippen LogP contribution in [0, 0.1) is 6.92 Å². The number of fused-ring (bicyclic) bond motifs is 1. The van der Waals surface area contributed by atoms with E-state index < -0.39 is 0 Å². The second-order valence-corrected chi connectivity index (χ2v) is 7.09. The Morgan fingerprint density at radius 1 is 1.29 bits per heavy atom. The van der Waals surface area contributed by atoms with Gasteiger partial charge in [0.2, 0.25) is 0 Å². The Bertz CT molecular complexity index is 992. The molecule has 0 aliphatic rings. The van der Waals surface area contributed by atoms with Crippen molar-refractivity contribution in [1.82, 2.24) is 4.57 Å². The van der Waals surface area contributed by atoms with Gasteiger partial charge < -0.3 is 9.30 Å². The van der Waals surface area contributed by atoms with Crippen LogP contribution in [-0.2, 0) is 11.8 Å². The number of carbonyl (C=O) groups excluding carboxylic acids is 1. The highest BCUT2D eigenvalue weighted by Gasteiger charge is 2.09. The molecule has 1 amide bonds. The monoisotopic (exact) mass is 380 g/mol. The zero-order valence-electron chi connectivity index (χ0n) is 13.0. The van der Waals surface area contributed by atoms with Crippen molar-refractivity contribution in [3.8, 4) is 5.75 Å². The standard InChI is InChI=1S/C17H14Cl2N2O2S/c1-10-4-3-5-14-16(10)21(2)17(24-14)20-15(22)9-23-13-7-6-11(18)8-12(13)19/h3-8H,9H2,1-2H3. The zero-order valence-corrected chi connectivity index (χ0v) is 15.4. The average Bonchev–Trinajstić information content (AvgIpc) is 2.84. The molecule has 0 aliphatic heterocycles. The van der Waals surface area contributed by atoms with E-state index in [9.17, 15) is 4.79 Å². The van der Waals surface area contributed by atoms with Gasteiger partial charge in [-0.15, -0.1) is 0 Å². The Morgan fingerprint density at radius 3 is 2.79 bits per heavy atom. The van der Waals surface area contributed by atoms with E-state index in [0.29, 0.717) is 20.6 Å². The Morgan fingerprint density at radius 2 is 2.08 bits per heavy atom.